The van der Waals surface area contributed by atoms with E-state index < -0.39 is 5.97 Å². The molecule has 2 N–H and O–H groups in total. The second kappa shape index (κ2) is 6.24. The van der Waals surface area contributed by atoms with Gasteiger partial charge in [-0.25, -0.2) is 4.39 Å². The van der Waals surface area contributed by atoms with E-state index in [2.05, 4.69) is 18.0 Å². The van der Waals surface area contributed by atoms with Gasteiger partial charge in [-0.1, -0.05) is 25.1 Å². The molecule has 23 heavy (non-hydrogen) atoms. The van der Waals surface area contributed by atoms with Crippen LogP contribution in [0.15, 0.2) is 42.5 Å². The zero-order chi connectivity index (χ0) is 16.4. The first-order valence-electron chi connectivity index (χ1n) is 7.70. The highest BCUT2D eigenvalue weighted by atomic mass is 19.1. The van der Waals surface area contributed by atoms with Gasteiger partial charge in [-0.2, -0.15) is 0 Å². The Morgan fingerprint density at radius 1 is 1.17 bits per heavy atom. The van der Waals surface area contributed by atoms with Gasteiger partial charge in [0.2, 0.25) is 0 Å². The van der Waals surface area contributed by atoms with Gasteiger partial charge in [0.05, 0.1) is 0 Å². The van der Waals surface area contributed by atoms with Crippen LogP contribution in [0.1, 0.15) is 24.5 Å². The molecule has 0 unspecified atom stereocenters. The number of aliphatic carboxylic acids is 1. The van der Waals surface area contributed by atoms with E-state index in [1.165, 1.54) is 17.7 Å². The van der Waals surface area contributed by atoms with Crippen molar-refractivity contribution in [3.05, 3.63) is 59.4 Å². The first kappa shape index (κ1) is 15.3. The maximum atomic E-state index is 13.2. The standard InChI is InChI=1S/C19H18FNO2/c1-2-12-4-3-5-15-16(10-11-17(22)23)19(21-18(12)15)13-6-8-14(20)9-7-13/h3-9,21H,2,10-11H2,1H3,(H,22,23). The lowest BCUT2D eigenvalue weighted by atomic mass is 10.00. The van der Waals surface area contributed by atoms with Crippen LogP contribution in [0.4, 0.5) is 4.39 Å². The van der Waals surface area contributed by atoms with E-state index in [4.69, 9.17) is 5.11 Å². The van der Waals surface area contributed by atoms with Crippen LogP contribution in [0.5, 0.6) is 0 Å². The van der Waals surface area contributed by atoms with Crippen LogP contribution in [0.25, 0.3) is 22.2 Å². The number of aryl methyl sites for hydroxylation is 2. The fourth-order valence-electron chi connectivity index (χ4n) is 2.98. The molecule has 0 aliphatic rings. The summed E-state index contributed by atoms with van der Waals surface area (Å²) in [5, 5.41) is 10.1. The predicted molar refractivity (Wildman–Crippen MR) is 89.0 cm³/mol. The lowest BCUT2D eigenvalue weighted by molar-refractivity contribution is -0.136. The van der Waals surface area contributed by atoms with Gasteiger partial charge in [-0.05, 0) is 53.8 Å². The van der Waals surface area contributed by atoms with Crippen LogP contribution in [-0.4, -0.2) is 16.1 Å². The normalized spacial score (nSPS) is 11.0. The van der Waals surface area contributed by atoms with Crippen LogP contribution in [-0.2, 0) is 17.6 Å². The molecule has 3 aromatic rings. The highest BCUT2D eigenvalue weighted by Gasteiger charge is 2.15. The molecule has 3 nitrogen and oxygen atoms in total. The summed E-state index contributed by atoms with van der Waals surface area (Å²) < 4.78 is 13.2. The summed E-state index contributed by atoms with van der Waals surface area (Å²) >= 11 is 0. The summed E-state index contributed by atoms with van der Waals surface area (Å²) in [7, 11) is 0. The molecule has 0 spiro atoms. The molecule has 1 aromatic heterocycles. The van der Waals surface area contributed by atoms with Crippen molar-refractivity contribution < 1.29 is 14.3 Å². The van der Waals surface area contributed by atoms with Gasteiger partial charge in [0.25, 0.3) is 0 Å². The van der Waals surface area contributed by atoms with E-state index in [0.29, 0.717) is 6.42 Å². The minimum Gasteiger partial charge on any atom is -0.481 e. The maximum absolute atomic E-state index is 13.2. The number of fused-ring (bicyclic) bond motifs is 1. The van der Waals surface area contributed by atoms with Crippen molar-refractivity contribution >= 4 is 16.9 Å². The number of hydrogen-bond acceptors (Lipinski definition) is 1. The maximum Gasteiger partial charge on any atom is 0.303 e. The van der Waals surface area contributed by atoms with E-state index in [1.807, 2.05) is 12.1 Å². The highest BCUT2D eigenvalue weighted by Crippen LogP contribution is 2.33. The number of rotatable bonds is 5. The van der Waals surface area contributed by atoms with Crippen molar-refractivity contribution in [3.8, 4) is 11.3 Å². The topological polar surface area (TPSA) is 53.1 Å². The molecule has 2 aromatic carbocycles. The molecule has 0 amide bonds. The summed E-state index contributed by atoms with van der Waals surface area (Å²) in [4.78, 5) is 14.4. The van der Waals surface area contributed by atoms with Gasteiger partial charge >= 0.3 is 5.97 Å². The van der Waals surface area contributed by atoms with Crippen LogP contribution >= 0.6 is 0 Å². The van der Waals surface area contributed by atoms with Crippen molar-refractivity contribution in [1.29, 1.82) is 0 Å². The number of H-pyrrole nitrogens is 1. The molecular formula is C19H18FNO2. The smallest absolute Gasteiger partial charge is 0.303 e. The Labute approximate surface area is 133 Å². The van der Waals surface area contributed by atoms with Gasteiger partial charge in [0.15, 0.2) is 0 Å². The van der Waals surface area contributed by atoms with Gasteiger partial charge in [0, 0.05) is 23.0 Å². The van der Waals surface area contributed by atoms with Crippen molar-refractivity contribution in [1.82, 2.24) is 4.98 Å². The van der Waals surface area contributed by atoms with Gasteiger partial charge < -0.3 is 10.1 Å². The number of halogens is 1. The van der Waals surface area contributed by atoms with Crippen molar-refractivity contribution in [2.75, 3.05) is 0 Å². The summed E-state index contributed by atoms with van der Waals surface area (Å²) in [6.07, 6.45) is 1.39. The summed E-state index contributed by atoms with van der Waals surface area (Å²) in [6.45, 7) is 2.09. The molecule has 0 aliphatic carbocycles. The first-order valence-corrected chi connectivity index (χ1v) is 7.70. The Bertz CT molecular complexity index is 850. The summed E-state index contributed by atoms with van der Waals surface area (Å²) in [5.74, 6) is -1.11. The molecule has 0 saturated heterocycles. The zero-order valence-corrected chi connectivity index (χ0v) is 12.9. The largest absolute Gasteiger partial charge is 0.481 e. The summed E-state index contributed by atoms with van der Waals surface area (Å²) in [6, 6.07) is 12.3. The number of aromatic nitrogens is 1. The molecular weight excluding hydrogens is 293 g/mol. The number of aromatic amines is 1. The van der Waals surface area contributed by atoms with E-state index >= 15 is 0 Å². The Hall–Kier alpha value is -2.62. The van der Waals surface area contributed by atoms with Crippen LogP contribution in [0.2, 0.25) is 0 Å². The molecule has 0 aliphatic heterocycles. The predicted octanol–water partition coefficient (Wildman–Crippen LogP) is 4.55. The molecule has 1 heterocycles. The molecule has 4 heteroatoms. The van der Waals surface area contributed by atoms with Gasteiger partial charge in [0.1, 0.15) is 5.82 Å². The third kappa shape index (κ3) is 2.97. The number of benzene rings is 2. The van der Waals surface area contributed by atoms with E-state index in [-0.39, 0.29) is 12.2 Å². The second-order valence-electron chi connectivity index (χ2n) is 5.57. The van der Waals surface area contributed by atoms with Crippen LogP contribution < -0.4 is 0 Å². The summed E-state index contributed by atoms with van der Waals surface area (Å²) in [5.41, 5.74) is 4.94. The second-order valence-corrected chi connectivity index (χ2v) is 5.57. The fourth-order valence-corrected chi connectivity index (χ4v) is 2.98. The number of carbonyl (C=O) groups is 1. The monoisotopic (exact) mass is 311 g/mol. The van der Waals surface area contributed by atoms with Crippen LogP contribution in [0.3, 0.4) is 0 Å². The molecule has 0 fully saturated rings. The number of para-hydroxylation sites is 1. The van der Waals surface area contributed by atoms with Crippen molar-refractivity contribution in [3.63, 3.8) is 0 Å². The number of hydrogen-bond donors (Lipinski definition) is 2. The van der Waals surface area contributed by atoms with Gasteiger partial charge in [-0.3, -0.25) is 4.79 Å². The fraction of sp³-hybridized carbons (Fsp3) is 0.211. The number of carboxylic acid groups (broad SMARTS) is 1. The lowest BCUT2D eigenvalue weighted by Crippen LogP contribution is -1.98. The first-order chi connectivity index (χ1) is 11.1. The number of nitrogens with one attached hydrogen (secondary N) is 1. The Kier molecular flexibility index (Phi) is 4.15. The molecule has 118 valence electrons. The minimum absolute atomic E-state index is 0.0670. The minimum atomic E-state index is -0.823. The molecule has 0 bridgehead atoms. The highest BCUT2D eigenvalue weighted by molar-refractivity contribution is 5.93. The molecule has 3 rings (SSSR count). The number of carboxylic acids is 1. The zero-order valence-electron chi connectivity index (χ0n) is 12.9. The van der Waals surface area contributed by atoms with E-state index in [0.717, 1.165) is 34.1 Å². The SMILES string of the molecule is CCc1cccc2c(CCC(=O)O)c(-c3ccc(F)cc3)[nH]c12. The van der Waals surface area contributed by atoms with Crippen LogP contribution in [0, 0.1) is 5.82 Å². The average molecular weight is 311 g/mol. The third-order valence-corrected chi connectivity index (χ3v) is 4.13. The van der Waals surface area contributed by atoms with E-state index in [1.54, 1.807) is 12.1 Å². The quantitative estimate of drug-likeness (QED) is 0.726. The van der Waals surface area contributed by atoms with Gasteiger partial charge in [-0.15, -0.1) is 0 Å². The van der Waals surface area contributed by atoms with Crippen molar-refractivity contribution in [2.45, 2.75) is 26.2 Å². The Morgan fingerprint density at radius 3 is 2.57 bits per heavy atom. The van der Waals surface area contributed by atoms with E-state index in [9.17, 15) is 9.18 Å². The Balaban J connectivity index is 2.19. The van der Waals surface area contributed by atoms with Crippen molar-refractivity contribution in [2.24, 2.45) is 0 Å². The average Bonchev–Trinajstić information content (AvgIpc) is 2.92. The Morgan fingerprint density at radius 2 is 1.91 bits per heavy atom. The third-order valence-electron chi connectivity index (χ3n) is 4.13. The molecule has 0 atom stereocenters. The molecule has 0 saturated carbocycles. The molecule has 0 radical (unpaired) electrons. The lowest BCUT2D eigenvalue weighted by Gasteiger charge is -2.04.